The van der Waals surface area contributed by atoms with Crippen molar-refractivity contribution < 1.29 is 25.0 Å². The van der Waals surface area contributed by atoms with Crippen LogP contribution >= 0.6 is 0 Å². The first-order valence-corrected chi connectivity index (χ1v) is 3.76. The van der Waals surface area contributed by atoms with Gasteiger partial charge < -0.3 is 0 Å². The molecule has 0 aliphatic rings. The van der Waals surface area contributed by atoms with E-state index >= 15 is 0 Å². The Labute approximate surface area is 73.4 Å². The van der Waals surface area contributed by atoms with Crippen LogP contribution in [0.5, 0.6) is 0 Å². The summed E-state index contributed by atoms with van der Waals surface area (Å²) >= 11 is 2.76. The molecule has 0 aliphatic heterocycles. The first-order chi connectivity index (χ1) is 5.33. The number of hydrogen-bond acceptors (Lipinski definition) is 2. The zero-order chi connectivity index (χ0) is 8.10. The van der Waals surface area contributed by atoms with Gasteiger partial charge in [-0.3, -0.25) is 0 Å². The first-order valence-electron chi connectivity index (χ1n) is 3.12. The minimum absolute atomic E-state index is 0.737. The summed E-state index contributed by atoms with van der Waals surface area (Å²) in [6.07, 6.45) is 5.26. The van der Waals surface area contributed by atoms with Gasteiger partial charge in [-0.15, -0.1) is 0 Å². The van der Waals surface area contributed by atoms with E-state index in [0.717, 1.165) is 10.3 Å². The van der Waals surface area contributed by atoms with E-state index in [9.17, 15) is 0 Å². The van der Waals surface area contributed by atoms with E-state index < -0.39 is 0 Å². The van der Waals surface area contributed by atoms with Crippen LogP contribution in [0.4, 0.5) is 0 Å². The Morgan fingerprint density at radius 1 is 1.73 bits per heavy atom. The monoisotopic (exact) mass is 188 g/mol. The predicted octanol–water partition coefficient (Wildman–Crippen LogP) is 1.62. The van der Waals surface area contributed by atoms with Crippen LogP contribution in [0.25, 0.3) is 6.08 Å². The van der Waals surface area contributed by atoms with E-state index in [1.54, 1.807) is 19.4 Å². The SMILES string of the molecule is CO[C](=[Cr])/C=C/c1ccco1. The molecule has 0 bridgehead atoms. The molecule has 0 saturated heterocycles. The molecule has 0 N–H and O–H groups in total. The van der Waals surface area contributed by atoms with Gasteiger partial charge in [0.2, 0.25) is 0 Å². The fraction of sp³-hybridized carbons (Fsp3) is 0.125. The molecule has 0 atom stereocenters. The second kappa shape index (κ2) is 4.30. The molecule has 0 spiro atoms. The number of rotatable bonds is 3. The van der Waals surface area contributed by atoms with Crippen molar-refractivity contribution in [3.05, 3.63) is 30.2 Å². The van der Waals surface area contributed by atoms with E-state index in [1.807, 2.05) is 18.2 Å². The summed E-state index contributed by atoms with van der Waals surface area (Å²) in [5.41, 5.74) is 0. The summed E-state index contributed by atoms with van der Waals surface area (Å²) in [4.78, 5) is 0. The van der Waals surface area contributed by atoms with Crippen LogP contribution in [0, 0.1) is 0 Å². The molecule has 0 aliphatic carbocycles. The normalized spacial score (nSPS) is 10.6. The van der Waals surface area contributed by atoms with Gasteiger partial charge in [0, 0.05) is 0 Å². The molecular formula is C8H8CrO2. The third-order valence-electron chi connectivity index (χ3n) is 1.13. The van der Waals surface area contributed by atoms with E-state index in [1.165, 1.54) is 0 Å². The number of furan rings is 1. The fourth-order valence-corrected chi connectivity index (χ4v) is 0.711. The summed E-state index contributed by atoms with van der Waals surface area (Å²) in [7, 11) is 1.61. The Morgan fingerprint density at radius 2 is 2.55 bits per heavy atom. The van der Waals surface area contributed by atoms with E-state index in [2.05, 4.69) is 15.9 Å². The van der Waals surface area contributed by atoms with Gasteiger partial charge in [0.1, 0.15) is 0 Å². The Kier molecular flexibility index (Phi) is 3.31. The third kappa shape index (κ3) is 2.86. The van der Waals surface area contributed by atoms with Crippen molar-refractivity contribution in [2.75, 3.05) is 7.11 Å². The van der Waals surface area contributed by atoms with Gasteiger partial charge in [0.25, 0.3) is 0 Å². The van der Waals surface area contributed by atoms with E-state index in [4.69, 9.17) is 9.15 Å². The summed E-state index contributed by atoms with van der Waals surface area (Å²) < 4.78 is 10.7. The Hall–Kier alpha value is -0.618. The molecule has 0 aromatic carbocycles. The summed E-state index contributed by atoms with van der Waals surface area (Å²) in [5, 5.41) is 0. The summed E-state index contributed by atoms with van der Waals surface area (Å²) in [5.74, 6) is 0.815. The maximum absolute atomic E-state index is 5.06. The first kappa shape index (κ1) is 8.48. The van der Waals surface area contributed by atoms with E-state index in [0.29, 0.717) is 0 Å². The molecule has 0 fully saturated rings. The van der Waals surface area contributed by atoms with Crippen molar-refractivity contribution in [1.29, 1.82) is 0 Å². The number of hydrogen-bond donors (Lipinski definition) is 0. The molecule has 1 aromatic heterocycles. The molecule has 1 heterocycles. The van der Waals surface area contributed by atoms with Gasteiger partial charge in [-0.2, -0.15) is 0 Å². The van der Waals surface area contributed by atoms with Gasteiger partial charge in [-0.25, -0.2) is 0 Å². The average Bonchev–Trinajstić information content (AvgIpc) is 2.52. The summed E-state index contributed by atoms with van der Waals surface area (Å²) in [6, 6.07) is 3.71. The molecule has 0 unspecified atom stereocenters. The van der Waals surface area contributed by atoms with Crippen LogP contribution < -0.4 is 0 Å². The summed E-state index contributed by atoms with van der Waals surface area (Å²) in [6.45, 7) is 0. The van der Waals surface area contributed by atoms with Gasteiger partial charge in [0.05, 0.1) is 0 Å². The fourth-order valence-electron chi connectivity index (χ4n) is 0.604. The van der Waals surface area contributed by atoms with Crippen molar-refractivity contribution >= 4 is 10.6 Å². The molecule has 58 valence electrons. The molecule has 3 heteroatoms. The molecule has 1 aromatic rings. The van der Waals surface area contributed by atoms with Crippen molar-refractivity contribution in [2.45, 2.75) is 0 Å². The van der Waals surface area contributed by atoms with Crippen LogP contribution in [0.2, 0.25) is 0 Å². The average molecular weight is 188 g/mol. The van der Waals surface area contributed by atoms with Crippen LogP contribution in [-0.2, 0) is 20.6 Å². The zero-order valence-electron chi connectivity index (χ0n) is 6.11. The predicted molar refractivity (Wildman–Crippen MR) is 39.8 cm³/mol. The topological polar surface area (TPSA) is 22.4 Å². The molecule has 2 nitrogen and oxygen atoms in total. The molecule has 0 amide bonds. The second-order valence-electron chi connectivity index (χ2n) is 1.87. The number of methoxy groups -OCH3 is 1. The molecule has 0 saturated carbocycles. The quantitative estimate of drug-likeness (QED) is 0.719. The Bertz CT molecular complexity index is 249. The zero-order valence-corrected chi connectivity index (χ0v) is 7.39. The van der Waals surface area contributed by atoms with Gasteiger partial charge >= 0.3 is 73.0 Å². The molecule has 1 rings (SSSR count). The third-order valence-corrected chi connectivity index (χ3v) is 1.60. The van der Waals surface area contributed by atoms with Gasteiger partial charge in [-0.1, -0.05) is 0 Å². The van der Waals surface area contributed by atoms with Crippen molar-refractivity contribution in [3.63, 3.8) is 0 Å². The Balaban J connectivity index is 2.55. The van der Waals surface area contributed by atoms with Crippen molar-refractivity contribution in [2.24, 2.45) is 0 Å². The number of ether oxygens (including phenoxy) is 1. The van der Waals surface area contributed by atoms with Gasteiger partial charge in [-0.05, 0) is 0 Å². The van der Waals surface area contributed by atoms with Crippen LogP contribution in [0.3, 0.4) is 0 Å². The van der Waals surface area contributed by atoms with Crippen LogP contribution in [0.15, 0.2) is 28.9 Å². The van der Waals surface area contributed by atoms with E-state index in [-0.39, 0.29) is 0 Å². The maximum atomic E-state index is 5.06. The molecular weight excluding hydrogens is 180 g/mol. The van der Waals surface area contributed by atoms with Gasteiger partial charge in [0.15, 0.2) is 0 Å². The standard InChI is InChI=1S/C8H8O2.Cr/c1-9-6-2-4-8-5-3-7-10-8;/h2-5,7H,1H3;/b4-2+;. The van der Waals surface area contributed by atoms with Crippen molar-refractivity contribution in [1.82, 2.24) is 0 Å². The van der Waals surface area contributed by atoms with Crippen LogP contribution in [0.1, 0.15) is 5.76 Å². The van der Waals surface area contributed by atoms with Crippen molar-refractivity contribution in [3.8, 4) is 0 Å². The minimum atomic E-state index is 0.737. The Morgan fingerprint density at radius 3 is 3.09 bits per heavy atom. The molecule has 11 heavy (non-hydrogen) atoms. The second-order valence-corrected chi connectivity index (χ2v) is 2.50. The van der Waals surface area contributed by atoms with Crippen LogP contribution in [-0.4, -0.2) is 11.7 Å². The molecule has 0 radical (unpaired) electrons.